The molecule has 2 heteroatoms. The van der Waals surface area contributed by atoms with Crippen LogP contribution in [0.3, 0.4) is 0 Å². The molecular weight excluding hydrogens is 186 g/mol. The van der Waals surface area contributed by atoms with E-state index in [0.717, 1.165) is 6.42 Å². The summed E-state index contributed by atoms with van der Waals surface area (Å²) < 4.78 is 0. The maximum Gasteiger partial charge on any atom is 0.0661 e. The summed E-state index contributed by atoms with van der Waals surface area (Å²) in [7, 11) is 0. The molecule has 0 aliphatic heterocycles. The molecule has 86 valence electrons. The van der Waals surface area contributed by atoms with Crippen molar-refractivity contribution in [3.63, 3.8) is 0 Å². The fraction of sp³-hybridized carbons (Fsp3) is 0.615. The first-order chi connectivity index (χ1) is 7.41. The zero-order chi connectivity index (χ0) is 11.2. The fourth-order valence-electron chi connectivity index (χ4n) is 1.37. The number of hydrogen-bond donors (Lipinski definition) is 1. The highest BCUT2D eigenvalue weighted by molar-refractivity contribution is 5.70. The second-order valence-electron chi connectivity index (χ2n) is 3.63. The highest BCUT2D eigenvalue weighted by atomic mass is 16.4. The fourth-order valence-corrected chi connectivity index (χ4v) is 1.37. The lowest BCUT2D eigenvalue weighted by Crippen LogP contribution is -1.77. The van der Waals surface area contributed by atoms with Crippen LogP contribution in [0.2, 0.25) is 0 Å². The Morgan fingerprint density at radius 2 is 1.67 bits per heavy atom. The van der Waals surface area contributed by atoms with Crippen LogP contribution >= 0.6 is 0 Å². The van der Waals surface area contributed by atoms with Gasteiger partial charge < -0.3 is 5.21 Å². The van der Waals surface area contributed by atoms with Crippen molar-refractivity contribution < 1.29 is 5.21 Å². The van der Waals surface area contributed by atoms with Gasteiger partial charge in [0.05, 0.1) is 6.21 Å². The van der Waals surface area contributed by atoms with Crippen LogP contribution in [0.4, 0.5) is 0 Å². The van der Waals surface area contributed by atoms with Crippen LogP contribution in [0.1, 0.15) is 51.9 Å². The number of allylic oxidation sites excluding steroid dienone is 4. The van der Waals surface area contributed by atoms with Crippen LogP contribution in [0.25, 0.3) is 0 Å². The molecule has 0 saturated heterocycles. The topological polar surface area (TPSA) is 32.6 Å². The quantitative estimate of drug-likeness (QED) is 0.198. The number of oxime groups is 1. The summed E-state index contributed by atoms with van der Waals surface area (Å²) in [4.78, 5) is 0. The molecule has 0 saturated carbocycles. The van der Waals surface area contributed by atoms with Crippen molar-refractivity contribution in [3.05, 3.63) is 24.3 Å². The average Bonchev–Trinajstić information content (AvgIpc) is 2.26. The number of unbranched alkanes of at least 4 members (excludes halogenated alkanes) is 6. The molecule has 0 bridgehead atoms. The van der Waals surface area contributed by atoms with Gasteiger partial charge in [0, 0.05) is 0 Å². The third-order valence-corrected chi connectivity index (χ3v) is 2.24. The zero-order valence-electron chi connectivity index (χ0n) is 9.73. The number of nitrogens with zero attached hydrogens (tertiary/aromatic N) is 1. The molecule has 0 fully saturated rings. The van der Waals surface area contributed by atoms with E-state index in [0.29, 0.717) is 0 Å². The van der Waals surface area contributed by atoms with Crippen molar-refractivity contribution >= 4 is 6.21 Å². The minimum Gasteiger partial charge on any atom is -0.411 e. The molecule has 0 radical (unpaired) electrons. The monoisotopic (exact) mass is 209 g/mol. The first-order valence-corrected chi connectivity index (χ1v) is 5.91. The van der Waals surface area contributed by atoms with Crippen LogP contribution in [0.5, 0.6) is 0 Å². The van der Waals surface area contributed by atoms with Crippen molar-refractivity contribution in [2.24, 2.45) is 5.16 Å². The Balaban J connectivity index is 3.16. The standard InChI is InChI=1S/C13H23NO/c1-2-3-4-5-6-7-8-9-10-11-12-13-14-15/h9-13,15H,2-8H2,1H3/b10-9+,12-11+,14-13+. The third-order valence-electron chi connectivity index (χ3n) is 2.24. The largest absolute Gasteiger partial charge is 0.411 e. The van der Waals surface area contributed by atoms with Crippen LogP contribution < -0.4 is 0 Å². The van der Waals surface area contributed by atoms with E-state index in [9.17, 15) is 0 Å². The predicted molar refractivity (Wildman–Crippen MR) is 66.6 cm³/mol. The van der Waals surface area contributed by atoms with E-state index in [1.165, 1.54) is 44.7 Å². The Morgan fingerprint density at radius 3 is 2.40 bits per heavy atom. The third kappa shape index (κ3) is 12.9. The normalized spacial score (nSPS) is 12.3. The maximum atomic E-state index is 8.10. The van der Waals surface area contributed by atoms with Gasteiger partial charge in [0.15, 0.2) is 0 Å². The second kappa shape index (κ2) is 12.9. The summed E-state index contributed by atoms with van der Waals surface area (Å²) >= 11 is 0. The van der Waals surface area contributed by atoms with Gasteiger partial charge in [-0.1, -0.05) is 62.4 Å². The van der Waals surface area contributed by atoms with Gasteiger partial charge in [0.25, 0.3) is 0 Å². The van der Waals surface area contributed by atoms with E-state index in [1.54, 1.807) is 6.08 Å². The van der Waals surface area contributed by atoms with Gasteiger partial charge in [-0.15, -0.1) is 0 Å². The molecule has 0 aromatic rings. The highest BCUT2D eigenvalue weighted by Crippen LogP contribution is 2.06. The average molecular weight is 209 g/mol. The summed E-state index contributed by atoms with van der Waals surface area (Å²) in [5.41, 5.74) is 0. The first kappa shape index (κ1) is 13.9. The lowest BCUT2D eigenvalue weighted by molar-refractivity contribution is 0.322. The molecule has 0 aliphatic carbocycles. The minimum absolute atomic E-state index is 1.15. The van der Waals surface area contributed by atoms with Gasteiger partial charge in [0.1, 0.15) is 0 Å². The van der Waals surface area contributed by atoms with E-state index in [-0.39, 0.29) is 0 Å². The van der Waals surface area contributed by atoms with Crippen LogP contribution in [-0.4, -0.2) is 11.4 Å². The molecule has 0 aliphatic rings. The molecule has 1 N–H and O–H groups in total. The van der Waals surface area contributed by atoms with E-state index >= 15 is 0 Å². The highest BCUT2D eigenvalue weighted by Gasteiger charge is 1.87. The van der Waals surface area contributed by atoms with E-state index in [2.05, 4.69) is 18.2 Å². The Hall–Kier alpha value is -1.05. The van der Waals surface area contributed by atoms with E-state index in [4.69, 9.17) is 5.21 Å². The molecule has 0 amide bonds. The predicted octanol–water partition coefficient (Wildman–Crippen LogP) is 4.31. The SMILES string of the molecule is CCCCCCCC/C=C/C=C/C=N/O. The summed E-state index contributed by atoms with van der Waals surface area (Å²) in [5.74, 6) is 0. The van der Waals surface area contributed by atoms with E-state index in [1.807, 2.05) is 12.2 Å². The van der Waals surface area contributed by atoms with Crippen LogP contribution in [-0.2, 0) is 0 Å². The van der Waals surface area contributed by atoms with Crippen molar-refractivity contribution in [3.8, 4) is 0 Å². The van der Waals surface area contributed by atoms with Gasteiger partial charge in [0.2, 0.25) is 0 Å². The molecule has 2 nitrogen and oxygen atoms in total. The smallest absolute Gasteiger partial charge is 0.0661 e. The molecule has 0 spiro atoms. The molecule has 0 aromatic carbocycles. The van der Waals surface area contributed by atoms with Crippen LogP contribution in [0, 0.1) is 0 Å². The molecule has 0 heterocycles. The Labute approximate surface area is 93.4 Å². The van der Waals surface area contributed by atoms with Crippen molar-refractivity contribution in [1.29, 1.82) is 0 Å². The first-order valence-electron chi connectivity index (χ1n) is 5.91. The van der Waals surface area contributed by atoms with Crippen molar-refractivity contribution in [2.75, 3.05) is 0 Å². The summed E-state index contributed by atoms with van der Waals surface area (Å²) in [6, 6.07) is 0. The second-order valence-corrected chi connectivity index (χ2v) is 3.63. The Kier molecular flexibility index (Phi) is 12.0. The van der Waals surface area contributed by atoms with Gasteiger partial charge in [-0.3, -0.25) is 0 Å². The Morgan fingerprint density at radius 1 is 0.933 bits per heavy atom. The molecule has 0 aromatic heterocycles. The molecule has 0 rings (SSSR count). The summed E-state index contributed by atoms with van der Waals surface area (Å²) in [5, 5.41) is 11.0. The van der Waals surface area contributed by atoms with Crippen LogP contribution in [0.15, 0.2) is 29.5 Å². The van der Waals surface area contributed by atoms with Crippen molar-refractivity contribution in [1.82, 2.24) is 0 Å². The van der Waals surface area contributed by atoms with Gasteiger partial charge in [-0.2, -0.15) is 0 Å². The minimum atomic E-state index is 1.15. The number of hydrogen-bond acceptors (Lipinski definition) is 2. The van der Waals surface area contributed by atoms with Gasteiger partial charge >= 0.3 is 0 Å². The molecule has 0 unspecified atom stereocenters. The van der Waals surface area contributed by atoms with Crippen molar-refractivity contribution in [2.45, 2.75) is 51.9 Å². The molecule has 0 atom stereocenters. The van der Waals surface area contributed by atoms with Gasteiger partial charge in [-0.25, -0.2) is 0 Å². The lowest BCUT2D eigenvalue weighted by atomic mass is 10.1. The summed E-state index contributed by atoms with van der Waals surface area (Å²) in [6.07, 6.45) is 18.3. The number of rotatable bonds is 9. The van der Waals surface area contributed by atoms with Gasteiger partial charge in [-0.05, 0) is 18.9 Å². The zero-order valence-corrected chi connectivity index (χ0v) is 9.73. The Bertz CT molecular complexity index is 195. The lowest BCUT2D eigenvalue weighted by Gasteiger charge is -1.97. The summed E-state index contributed by atoms with van der Waals surface area (Å²) in [6.45, 7) is 2.24. The molecular formula is C13H23NO. The van der Waals surface area contributed by atoms with E-state index < -0.39 is 0 Å². The molecule has 15 heavy (non-hydrogen) atoms. The maximum absolute atomic E-state index is 8.10.